The lowest BCUT2D eigenvalue weighted by atomic mass is 9.90. The van der Waals surface area contributed by atoms with E-state index in [1.807, 2.05) is 12.1 Å². The zero-order valence-electron chi connectivity index (χ0n) is 15.6. The van der Waals surface area contributed by atoms with Gasteiger partial charge in [-0.3, -0.25) is 4.79 Å². The molecule has 0 bridgehead atoms. The molecule has 3 fully saturated rings. The zero-order valence-corrected chi connectivity index (χ0v) is 15.6. The number of hydrazone groups is 1. The Morgan fingerprint density at radius 3 is 2.42 bits per heavy atom. The summed E-state index contributed by atoms with van der Waals surface area (Å²) in [7, 11) is 0. The second kappa shape index (κ2) is 7.78. The van der Waals surface area contributed by atoms with Gasteiger partial charge < -0.3 is 9.64 Å². The Morgan fingerprint density at radius 1 is 1.19 bits per heavy atom. The molecule has 2 unspecified atom stereocenters. The van der Waals surface area contributed by atoms with Gasteiger partial charge in [0.2, 0.25) is 6.41 Å². The van der Waals surface area contributed by atoms with Crippen molar-refractivity contribution in [1.82, 2.24) is 10.3 Å². The summed E-state index contributed by atoms with van der Waals surface area (Å²) < 4.78 is 6.21. The van der Waals surface area contributed by atoms with Gasteiger partial charge in [-0.2, -0.15) is 5.10 Å². The predicted molar refractivity (Wildman–Crippen MR) is 102 cm³/mol. The Morgan fingerprint density at radius 2 is 1.88 bits per heavy atom. The fourth-order valence-electron chi connectivity index (χ4n) is 4.17. The van der Waals surface area contributed by atoms with Gasteiger partial charge in [0.1, 0.15) is 11.9 Å². The van der Waals surface area contributed by atoms with Crippen molar-refractivity contribution in [3.63, 3.8) is 0 Å². The number of likely N-dealkylation sites (tertiary alicyclic amines) is 1. The molecule has 2 atom stereocenters. The van der Waals surface area contributed by atoms with Crippen LogP contribution in [0.2, 0.25) is 0 Å². The average Bonchev–Trinajstić information content (AvgIpc) is 3.33. The van der Waals surface area contributed by atoms with Gasteiger partial charge in [-0.15, -0.1) is 0 Å². The number of ether oxygens (including phenoxy) is 1. The van der Waals surface area contributed by atoms with Gasteiger partial charge >= 0.3 is 0 Å². The van der Waals surface area contributed by atoms with Crippen molar-refractivity contribution in [3.05, 3.63) is 29.8 Å². The molecule has 140 valence electrons. The third-order valence-corrected chi connectivity index (χ3v) is 6.22. The van der Waals surface area contributed by atoms with Crippen LogP contribution in [0.4, 0.5) is 0 Å². The molecule has 1 aromatic rings. The molecule has 1 aromatic carbocycles. The Labute approximate surface area is 155 Å². The summed E-state index contributed by atoms with van der Waals surface area (Å²) >= 11 is 0. The number of nitrogens with zero attached hydrogens (tertiary/aromatic N) is 2. The lowest BCUT2D eigenvalue weighted by molar-refractivity contribution is -0.109. The molecule has 1 amide bonds. The van der Waals surface area contributed by atoms with Gasteiger partial charge in [0.25, 0.3) is 0 Å². The van der Waals surface area contributed by atoms with Gasteiger partial charge in [0, 0.05) is 25.0 Å². The highest BCUT2D eigenvalue weighted by Crippen LogP contribution is 2.41. The van der Waals surface area contributed by atoms with Gasteiger partial charge in [0.05, 0.1) is 5.71 Å². The van der Waals surface area contributed by atoms with Crippen molar-refractivity contribution in [1.29, 1.82) is 0 Å². The molecule has 2 saturated carbocycles. The number of carbonyl (C=O) groups is 1. The van der Waals surface area contributed by atoms with Crippen molar-refractivity contribution in [2.45, 2.75) is 57.6 Å². The first kappa shape index (κ1) is 17.5. The fraction of sp³-hybridized carbons (Fsp3) is 0.619. The van der Waals surface area contributed by atoms with Crippen LogP contribution in [0, 0.1) is 11.8 Å². The molecule has 0 radical (unpaired) electrons. The lowest BCUT2D eigenvalue weighted by Crippen LogP contribution is -2.46. The topological polar surface area (TPSA) is 53.9 Å². The van der Waals surface area contributed by atoms with Crippen LogP contribution in [0.15, 0.2) is 29.4 Å². The number of hydrogen-bond acceptors (Lipinski definition) is 4. The first-order valence-electron chi connectivity index (χ1n) is 10.0. The Kier molecular flexibility index (Phi) is 5.25. The summed E-state index contributed by atoms with van der Waals surface area (Å²) in [6, 6.07) is 9.05. The van der Waals surface area contributed by atoms with Crippen LogP contribution >= 0.6 is 0 Å². The van der Waals surface area contributed by atoms with Gasteiger partial charge in [-0.1, -0.05) is 13.3 Å². The monoisotopic (exact) mass is 355 g/mol. The van der Waals surface area contributed by atoms with Gasteiger partial charge in [0.15, 0.2) is 0 Å². The summed E-state index contributed by atoms with van der Waals surface area (Å²) in [6.07, 6.45) is 8.50. The van der Waals surface area contributed by atoms with Crippen LogP contribution in [0.1, 0.15) is 51.0 Å². The molecule has 1 aliphatic heterocycles. The second-order valence-electron chi connectivity index (χ2n) is 8.03. The van der Waals surface area contributed by atoms with E-state index in [0.717, 1.165) is 42.3 Å². The SMILES string of the molecule is CC1CC1/C(=N\NC=O)c1ccc(OC2CCN(C3CCC3)CC2)cc1. The summed E-state index contributed by atoms with van der Waals surface area (Å²) in [5.74, 6) is 2.02. The highest BCUT2D eigenvalue weighted by atomic mass is 16.5. The standard InChI is InChI=1S/C21H29N3O2/c1-15-13-20(15)21(23-22-14-25)16-5-7-18(8-6-16)26-19-9-11-24(12-10-19)17-3-2-4-17/h5-8,14-15,17,19-20H,2-4,9-13H2,1H3,(H,22,25)/b23-21-. The number of carbonyl (C=O) groups excluding carboxylic acids is 1. The van der Waals surface area contributed by atoms with Crippen molar-refractivity contribution in [3.8, 4) is 5.75 Å². The first-order chi connectivity index (χ1) is 12.7. The zero-order chi connectivity index (χ0) is 17.9. The Bertz CT molecular complexity index is 646. The highest BCUT2D eigenvalue weighted by molar-refractivity contribution is 6.04. The predicted octanol–water partition coefficient (Wildman–Crippen LogP) is 3.19. The number of benzene rings is 1. The maximum Gasteiger partial charge on any atom is 0.227 e. The van der Waals surface area contributed by atoms with Crippen LogP contribution in [0.5, 0.6) is 5.75 Å². The maximum atomic E-state index is 10.6. The Hall–Kier alpha value is -1.88. The molecule has 1 saturated heterocycles. The Balaban J connectivity index is 1.33. The molecule has 3 aliphatic rings. The fourth-order valence-corrected chi connectivity index (χ4v) is 4.17. The minimum Gasteiger partial charge on any atom is -0.490 e. The van der Waals surface area contributed by atoms with E-state index < -0.39 is 0 Å². The average molecular weight is 355 g/mol. The van der Waals surface area contributed by atoms with Crippen molar-refractivity contribution < 1.29 is 9.53 Å². The molecular formula is C21H29N3O2. The van der Waals surface area contributed by atoms with Crippen LogP contribution in [0.3, 0.4) is 0 Å². The number of hydrogen-bond donors (Lipinski definition) is 1. The third-order valence-electron chi connectivity index (χ3n) is 6.22. The maximum absolute atomic E-state index is 10.6. The lowest BCUT2D eigenvalue weighted by Gasteiger charge is -2.41. The van der Waals surface area contributed by atoms with Crippen molar-refractivity contribution in [2.24, 2.45) is 16.9 Å². The normalized spacial score (nSPS) is 27.7. The van der Waals surface area contributed by atoms with E-state index in [9.17, 15) is 4.79 Å². The van der Waals surface area contributed by atoms with Crippen LogP contribution < -0.4 is 10.2 Å². The quantitative estimate of drug-likeness (QED) is 0.464. The molecule has 5 nitrogen and oxygen atoms in total. The first-order valence-corrected chi connectivity index (χ1v) is 10.0. The second-order valence-corrected chi connectivity index (χ2v) is 8.03. The van der Waals surface area contributed by atoms with Gasteiger partial charge in [-0.25, -0.2) is 5.43 Å². The van der Waals surface area contributed by atoms with E-state index in [-0.39, 0.29) is 0 Å². The van der Waals surface area contributed by atoms with E-state index >= 15 is 0 Å². The van der Waals surface area contributed by atoms with E-state index in [1.54, 1.807) is 0 Å². The van der Waals surface area contributed by atoms with E-state index in [4.69, 9.17) is 4.74 Å². The minimum absolute atomic E-state index is 0.325. The smallest absolute Gasteiger partial charge is 0.227 e. The molecule has 26 heavy (non-hydrogen) atoms. The van der Waals surface area contributed by atoms with Crippen molar-refractivity contribution in [2.75, 3.05) is 13.1 Å². The highest BCUT2D eigenvalue weighted by Gasteiger charge is 2.38. The van der Waals surface area contributed by atoms with E-state index in [0.29, 0.717) is 24.3 Å². The summed E-state index contributed by atoms with van der Waals surface area (Å²) in [5.41, 5.74) is 4.51. The molecule has 5 heteroatoms. The number of rotatable bonds is 7. The van der Waals surface area contributed by atoms with Gasteiger partial charge in [-0.05, 0) is 67.9 Å². The molecule has 2 aliphatic carbocycles. The van der Waals surface area contributed by atoms with Crippen LogP contribution in [0.25, 0.3) is 0 Å². The van der Waals surface area contributed by atoms with Crippen LogP contribution in [-0.2, 0) is 4.79 Å². The van der Waals surface area contributed by atoms with E-state index in [2.05, 4.69) is 34.5 Å². The summed E-state index contributed by atoms with van der Waals surface area (Å²) in [4.78, 5) is 13.2. The molecule has 0 spiro atoms. The molecule has 1 N–H and O–H groups in total. The number of nitrogens with one attached hydrogen (secondary N) is 1. The van der Waals surface area contributed by atoms with Crippen LogP contribution in [-0.4, -0.2) is 42.3 Å². The van der Waals surface area contributed by atoms with E-state index in [1.165, 1.54) is 32.4 Å². The summed E-state index contributed by atoms with van der Waals surface area (Å²) in [6.45, 7) is 4.55. The molecule has 0 aromatic heterocycles. The molecule has 4 rings (SSSR count). The number of piperidine rings is 1. The van der Waals surface area contributed by atoms with Crippen molar-refractivity contribution >= 4 is 12.1 Å². The molecular weight excluding hydrogens is 326 g/mol. The summed E-state index contributed by atoms with van der Waals surface area (Å²) in [5, 5.41) is 4.26. The minimum atomic E-state index is 0.325. The largest absolute Gasteiger partial charge is 0.490 e. The third kappa shape index (κ3) is 3.93. The number of amides is 1. The molecule has 1 heterocycles.